The first-order valence-corrected chi connectivity index (χ1v) is 7.64. The summed E-state index contributed by atoms with van der Waals surface area (Å²) in [6.45, 7) is 1.39. The van der Waals surface area contributed by atoms with Gasteiger partial charge in [-0.2, -0.15) is 5.26 Å². The topological polar surface area (TPSA) is 95.2 Å². The number of nitrogens with zero attached hydrogens (tertiary/aromatic N) is 1. The number of hydrogen-bond donors (Lipinski definition) is 1. The highest BCUT2D eigenvalue weighted by Crippen LogP contribution is 2.63. The van der Waals surface area contributed by atoms with E-state index >= 15 is 0 Å². The average Bonchev–Trinajstić information content (AvgIpc) is 3.10. The summed E-state index contributed by atoms with van der Waals surface area (Å²) in [5.41, 5.74) is -1.81. The van der Waals surface area contributed by atoms with Gasteiger partial charge in [-0.05, 0) is 17.7 Å². The monoisotopic (exact) mass is 297 g/mol. The minimum absolute atomic E-state index is 0.218. The molecular formula is C13H12FNO4S. The van der Waals surface area contributed by atoms with E-state index in [4.69, 9.17) is 5.26 Å². The maximum absolute atomic E-state index is 13.2. The van der Waals surface area contributed by atoms with Crippen LogP contribution in [-0.4, -0.2) is 30.5 Å². The first-order chi connectivity index (χ1) is 9.31. The summed E-state index contributed by atoms with van der Waals surface area (Å²) in [5, 5.41) is 17.1. The summed E-state index contributed by atoms with van der Waals surface area (Å²) < 4.78 is 37.2. The zero-order valence-electron chi connectivity index (χ0n) is 10.6. The molecule has 0 heterocycles. The Hall–Kier alpha value is -1.94. The minimum atomic E-state index is -3.73. The molecule has 1 aliphatic rings. The fourth-order valence-electron chi connectivity index (χ4n) is 2.60. The fourth-order valence-corrected chi connectivity index (χ4v) is 4.53. The first-order valence-electron chi connectivity index (χ1n) is 5.93. The SMILES string of the molecule is CCS(=O)(=O)[C@@H]1[C@@H](c2cccc(F)c2)[C@]1(C#N)C(=O)O. The van der Waals surface area contributed by atoms with Crippen molar-refractivity contribution in [1.82, 2.24) is 0 Å². The number of sulfone groups is 1. The van der Waals surface area contributed by atoms with Crippen molar-refractivity contribution < 1.29 is 22.7 Å². The second-order valence-electron chi connectivity index (χ2n) is 4.69. The Morgan fingerprint density at radius 2 is 2.20 bits per heavy atom. The van der Waals surface area contributed by atoms with Crippen molar-refractivity contribution in [3.63, 3.8) is 0 Å². The van der Waals surface area contributed by atoms with Gasteiger partial charge >= 0.3 is 5.97 Å². The summed E-state index contributed by atoms with van der Waals surface area (Å²) in [4.78, 5) is 11.4. The van der Waals surface area contributed by atoms with Gasteiger partial charge in [0.15, 0.2) is 15.3 Å². The predicted molar refractivity (Wildman–Crippen MR) is 68.1 cm³/mol. The van der Waals surface area contributed by atoms with Crippen LogP contribution in [0, 0.1) is 22.6 Å². The number of carbonyl (C=O) groups is 1. The lowest BCUT2D eigenvalue weighted by Crippen LogP contribution is -2.23. The van der Waals surface area contributed by atoms with Crippen molar-refractivity contribution in [3.05, 3.63) is 35.6 Å². The van der Waals surface area contributed by atoms with Crippen LogP contribution < -0.4 is 0 Å². The number of halogens is 1. The van der Waals surface area contributed by atoms with E-state index in [9.17, 15) is 22.7 Å². The number of nitriles is 1. The maximum Gasteiger partial charge on any atom is 0.326 e. The normalized spacial score (nSPS) is 28.6. The van der Waals surface area contributed by atoms with Crippen molar-refractivity contribution in [3.8, 4) is 6.07 Å². The van der Waals surface area contributed by atoms with E-state index in [0.29, 0.717) is 0 Å². The van der Waals surface area contributed by atoms with Gasteiger partial charge in [0.1, 0.15) is 11.1 Å². The Morgan fingerprint density at radius 3 is 2.65 bits per heavy atom. The molecule has 2 rings (SSSR count). The van der Waals surface area contributed by atoms with Gasteiger partial charge in [-0.1, -0.05) is 19.1 Å². The van der Waals surface area contributed by atoms with Crippen LogP contribution in [0.25, 0.3) is 0 Å². The molecule has 0 aromatic heterocycles. The van der Waals surface area contributed by atoms with E-state index in [1.54, 1.807) is 6.07 Å². The Morgan fingerprint density at radius 1 is 1.55 bits per heavy atom. The van der Waals surface area contributed by atoms with E-state index in [2.05, 4.69) is 0 Å². The van der Waals surface area contributed by atoms with Crippen LogP contribution in [0.3, 0.4) is 0 Å². The lowest BCUT2D eigenvalue weighted by atomic mass is 10.0. The number of aliphatic carboxylic acids is 1. The fraction of sp³-hybridized carbons (Fsp3) is 0.385. The molecule has 7 heteroatoms. The van der Waals surface area contributed by atoms with Crippen LogP contribution in [0.5, 0.6) is 0 Å². The van der Waals surface area contributed by atoms with Gasteiger partial charge < -0.3 is 5.11 Å². The molecule has 20 heavy (non-hydrogen) atoms. The summed E-state index contributed by atoms with van der Waals surface area (Å²) in [6, 6.07) is 6.66. The zero-order valence-corrected chi connectivity index (χ0v) is 11.4. The Labute approximate surface area is 115 Å². The molecule has 5 nitrogen and oxygen atoms in total. The number of benzene rings is 1. The quantitative estimate of drug-likeness (QED) is 0.904. The summed E-state index contributed by atoms with van der Waals surface area (Å²) in [6.07, 6.45) is 0. The third kappa shape index (κ3) is 1.88. The second-order valence-corrected chi connectivity index (χ2v) is 7.10. The second kappa shape index (κ2) is 4.56. The molecule has 106 valence electrons. The molecular weight excluding hydrogens is 285 g/mol. The Kier molecular flexibility index (Phi) is 3.30. The molecule has 1 aromatic carbocycles. The van der Waals surface area contributed by atoms with E-state index in [-0.39, 0.29) is 11.3 Å². The van der Waals surface area contributed by atoms with Crippen molar-refractivity contribution in [1.29, 1.82) is 5.26 Å². The van der Waals surface area contributed by atoms with E-state index in [0.717, 1.165) is 6.07 Å². The predicted octanol–water partition coefficient (Wildman–Crippen LogP) is 1.32. The molecule has 0 radical (unpaired) electrons. The van der Waals surface area contributed by atoms with Crippen LogP contribution in [0.15, 0.2) is 24.3 Å². The molecule has 0 bridgehead atoms. The van der Waals surface area contributed by atoms with Gasteiger partial charge in [0.25, 0.3) is 0 Å². The first kappa shape index (κ1) is 14.5. The molecule has 0 spiro atoms. The van der Waals surface area contributed by atoms with Crippen LogP contribution in [0.4, 0.5) is 4.39 Å². The molecule has 1 saturated carbocycles. The highest BCUT2D eigenvalue weighted by atomic mass is 32.2. The lowest BCUT2D eigenvalue weighted by Gasteiger charge is -2.02. The molecule has 0 aliphatic heterocycles. The van der Waals surface area contributed by atoms with Crippen molar-refractivity contribution in [2.45, 2.75) is 18.1 Å². The molecule has 0 unspecified atom stereocenters. The van der Waals surface area contributed by atoms with E-state index in [1.807, 2.05) is 0 Å². The number of carboxylic acids is 1. The van der Waals surface area contributed by atoms with E-state index < -0.39 is 38.2 Å². The Bertz CT molecular complexity index is 709. The smallest absolute Gasteiger partial charge is 0.326 e. The van der Waals surface area contributed by atoms with E-state index in [1.165, 1.54) is 25.1 Å². The van der Waals surface area contributed by atoms with Gasteiger partial charge in [-0.25, -0.2) is 12.8 Å². The zero-order chi connectivity index (χ0) is 15.1. The van der Waals surface area contributed by atoms with Crippen LogP contribution >= 0.6 is 0 Å². The molecule has 1 aromatic rings. The van der Waals surface area contributed by atoms with Gasteiger partial charge in [-0.3, -0.25) is 4.79 Å². The Balaban J connectivity index is 2.58. The van der Waals surface area contributed by atoms with Crippen molar-refractivity contribution in [2.75, 3.05) is 5.75 Å². The van der Waals surface area contributed by atoms with Gasteiger partial charge in [0, 0.05) is 11.7 Å². The highest BCUT2D eigenvalue weighted by Gasteiger charge is 2.76. The number of hydrogen-bond acceptors (Lipinski definition) is 4. The van der Waals surface area contributed by atoms with Crippen molar-refractivity contribution >= 4 is 15.8 Å². The molecule has 1 fully saturated rings. The largest absolute Gasteiger partial charge is 0.480 e. The summed E-state index contributed by atoms with van der Waals surface area (Å²) in [5.74, 6) is -3.39. The minimum Gasteiger partial charge on any atom is -0.480 e. The maximum atomic E-state index is 13.2. The lowest BCUT2D eigenvalue weighted by molar-refractivity contribution is -0.141. The molecule has 1 N–H and O–H groups in total. The standard InChI is InChI=1S/C13H12FNO4S/c1-2-20(18,19)11-10(13(11,7-15)12(16)17)8-4-3-5-9(14)6-8/h3-6,10-11H,2H2,1H3,(H,16,17)/t10-,11-,13+/m1/s1. The molecule has 3 atom stereocenters. The molecule has 1 aliphatic carbocycles. The van der Waals surface area contributed by atoms with Crippen LogP contribution in [-0.2, 0) is 14.6 Å². The van der Waals surface area contributed by atoms with Crippen molar-refractivity contribution in [2.24, 2.45) is 5.41 Å². The third-order valence-corrected chi connectivity index (χ3v) is 5.89. The molecule has 0 amide bonds. The van der Waals surface area contributed by atoms with Gasteiger partial charge in [0.05, 0.1) is 6.07 Å². The third-order valence-electron chi connectivity index (χ3n) is 3.67. The van der Waals surface area contributed by atoms with Gasteiger partial charge in [0.2, 0.25) is 0 Å². The average molecular weight is 297 g/mol. The molecule has 0 saturated heterocycles. The highest BCUT2D eigenvalue weighted by molar-refractivity contribution is 7.92. The van der Waals surface area contributed by atoms with Crippen LogP contribution in [0.1, 0.15) is 18.4 Å². The summed E-state index contributed by atoms with van der Waals surface area (Å²) in [7, 11) is -3.73. The van der Waals surface area contributed by atoms with Crippen LogP contribution in [0.2, 0.25) is 0 Å². The number of rotatable bonds is 4. The van der Waals surface area contributed by atoms with Gasteiger partial charge in [-0.15, -0.1) is 0 Å². The number of carboxylic acid groups (broad SMARTS) is 1. The summed E-state index contributed by atoms with van der Waals surface area (Å²) >= 11 is 0.